The maximum absolute atomic E-state index is 12.0. The van der Waals surface area contributed by atoms with Gasteiger partial charge in [-0.05, 0) is 25.6 Å². The predicted octanol–water partition coefficient (Wildman–Crippen LogP) is 1.94. The molecule has 0 saturated carbocycles. The van der Waals surface area contributed by atoms with E-state index in [0.29, 0.717) is 6.04 Å². The summed E-state index contributed by atoms with van der Waals surface area (Å²) in [6, 6.07) is 7.72. The van der Waals surface area contributed by atoms with E-state index in [2.05, 4.69) is 10.6 Å². The third-order valence-corrected chi connectivity index (χ3v) is 3.20. The second-order valence-electron chi connectivity index (χ2n) is 4.38. The second-order valence-corrected chi connectivity index (χ2v) is 4.38. The first-order chi connectivity index (χ1) is 8.72. The van der Waals surface area contributed by atoms with Crippen LogP contribution in [-0.2, 0) is 0 Å². The highest BCUT2D eigenvalue weighted by molar-refractivity contribution is 5.89. The molecule has 19 heavy (non-hydrogen) atoms. The lowest BCUT2D eigenvalue weighted by atomic mass is 10.3. The Morgan fingerprint density at radius 3 is 2.89 bits per heavy atom. The Balaban J connectivity index is 0.00000180. The monoisotopic (exact) mass is 285 g/mol. The van der Waals surface area contributed by atoms with Crippen LogP contribution in [0.25, 0.3) is 0 Å². The van der Waals surface area contributed by atoms with Crippen molar-refractivity contribution in [2.75, 3.05) is 32.6 Å². The van der Waals surface area contributed by atoms with Gasteiger partial charge in [0, 0.05) is 30.9 Å². The number of anilines is 1. The van der Waals surface area contributed by atoms with Crippen LogP contribution in [0, 0.1) is 0 Å². The van der Waals surface area contributed by atoms with Gasteiger partial charge in [-0.25, -0.2) is 4.79 Å². The first kappa shape index (κ1) is 15.6. The van der Waals surface area contributed by atoms with E-state index >= 15 is 0 Å². The summed E-state index contributed by atoms with van der Waals surface area (Å²) in [5, 5.41) is 6.07. The van der Waals surface area contributed by atoms with Gasteiger partial charge in [-0.1, -0.05) is 6.07 Å². The number of rotatable bonds is 3. The molecule has 1 aromatic rings. The van der Waals surface area contributed by atoms with Gasteiger partial charge in [0.1, 0.15) is 5.75 Å². The number of carbonyl (C=O) groups is 1. The van der Waals surface area contributed by atoms with Crippen molar-refractivity contribution in [3.05, 3.63) is 24.3 Å². The van der Waals surface area contributed by atoms with Crippen molar-refractivity contribution in [3.8, 4) is 5.75 Å². The Kier molecular flexibility index (Phi) is 5.92. The molecule has 1 aliphatic heterocycles. The van der Waals surface area contributed by atoms with Crippen molar-refractivity contribution < 1.29 is 9.53 Å². The molecule has 6 heteroatoms. The van der Waals surface area contributed by atoms with Crippen molar-refractivity contribution in [1.29, 1.82) is 0 Å². The van der Waals surface area contributed by atoms with Crippen LogP contribution >= 0.6 is 12.4 Å². The smallest absolute Gasteiger partial charge is 0.321 e. The zero-order valence-corrected chi connectivity index (χ0v) is 12.0. The quantitative estimate of drug-likeness (QED) is 0.892. The Morgan fingerprint density at radius 1 is 1.47 bits per heavy atom. The normalized spacial score (nSPS) is 17.8. The summed E-state index contributed by atoms with van der Waals surface area (Å²) in [6.07, 6.45) is 1.00. The number of halogens is 1. The lowest BCUT2D eigenvalue weighted by molar-refractivity contribution is 0.221. The molecule has 0 aromatic heterocycles. The molecule has 5 nitrogen and oxygen atoms in total. The van der Waals surface area contributed by atoms with Crippen LogP contribution < -0.4 is 15.4 Å². The number of carbonyl (C=O) groups excluding carboxylic acids is 1. The molecular formula is C13H20ClN3O2. The van der Waals surface area contributed by atoms with E-state index < -0.39 is 0 Å². The first-order valence-electron chi connectivity index (χ1n) is 6.10. The minimum Gasteiger partial charge on any atom is -0.497 e. The standard InChI is InChI=1S/C13H19N3O2.ClH/c1-14-11-6-7-16(9-11)13(17)15-10-4-3-5-12(8-10)18-2;/h3-5,8,11,14H,6-7,9H2,1-2H3,(H,15,17);1H/t11-;/m1./s1. The van der Waals surface area contributed by atoms with Gasteiger partial charge < -0.3 is 20.3 Å². The molecule has 1 aliphatic rings. The predicted molar refractivity (Wildman–Crippen MR) is 78.3 cm³/mol. The molecule has 106 valence electrons. The molecule has 0 aliphatic carbocycles. The number of urea groups is 1. The number of likely N-dealkylation sites (tertiary alicyclic amines) is 1. The maximum Gasteiger partial charge on any atom is 0.321 e. The lowest BCUT2D eigenvalue weighted by Gasteiger charge is -2.17. The zero-order valence-electron chi connectivity index (χ0n) is 11.2. The molecule has 0 bridgehead atoms. The van der Waals surface area contributed by atoms with Gasteiger partial charge in [0.15, 0.2) is 0 Å². The fourth-order valence-electron chi connectivity index (χ4n) is 2.08. The van der Waals surface area contributed by atoms with E-state index in [1.807, 2.05) is 36.2 Å². The summed E-state index contributed by atoms with van der Waals surface area (Å²) >= 11 is 0. The minimum atomic E-state index is -0.0546. The van der Waals surface area contributed by atoms with Crippen LogP contribution in [0.3, 0.4) is 0 Å². The van der Waals surface area contributed by atoms with Gasteiger partial charge in [-0.2, -0.15) is 0 Å². The maximum atomic E-state index is 12.0. The van der Waals surface area contributed by atoms with Gasteiger partial charge >= 0.3 is 6.03 Å². The fourth-order valence-corrected chi connectivity index (χ4v) is 2.08. The summed E-state index contributed by atoms with van der Waals surface area (Å²) in [6.45, 7) is 1.55. The van der Waals surface area contributed by atoms with E-state index in [1.165, 1.54) is 0 Å². The summed E-state index contributed by atoms with van der Waals surface area (Å²) in [5.74, 6) is 0.738. The van der Waals surface area contributed by atoms with Crippen LogP contribution in [0.1, 0.15) is 6.42 Å². The largest absolute Gasteiger partial charge is 0.497 e. The fraction of sp³-hybridized carbons (Fsp3) is 0.462. The number of nitrogens with zero attached hydrogens (tertiary/aromatic N) is 1. The van der Waals surface area contributed by atoms with Gasteiger partial charge in [0.2, 0.25) is 0 Å². The third kappa shape index (κ3) is 4.01. The van der Waals surface area contributed by atoms with Crippen LogP contribution in [0.15, 0.2) is 24.3 Å². The minimum absolute atomic E-state index is 0. The summed E-state index contributed by atoms with van der Waals surface area (Å²) in [7, 11) is 3.53. The highest BCUT2D eigenvalue weighted by Crippen LogP contribution is 2.18. The van der Waals surface area contributed by atoms with E-state index in [4.69, 9.17) is 4.74 Å². The summed E-state index contributed by atoms with van der Waals surface area (Å²) in [4.78, 5) is 13.8. The highest BCUT2D eigenvalue weighted by atomic mass is 35.5. The van der Waals surface area contributed by atoms with Gasteiger partial charge in [0.05, 0.1) is 7.11 Å². The number of benzene rings is 1. The van der Waals surface area contributed by atoms with Gasteiger partial charge in [-0.15, -0.1) is 12.4 Å². The number of ether oxygens (including phenoxy) is 1. The molecule has 1 fully saturated rings. The zero-order chi connectivity index (χ0) is 13.0. The number of methoxy groups -OCH3 is 1. The number of nitrogens with one attached hydrogen (secondary N) is 2. The third-order valence-electron chi connectivity index (χ3n) is 3.20. The first-order valence-corrected chi connectivity index (χ1v) is 6.10. The molecule has 0 unspecified atom stereocenters. The Labute approximate surface area is 119 Å². The average molecular weight is 286 g/mol. The molecular weight excluding hydrogens is 266 g/mol. The molecule has 1 saturated heterocycles. The number of hydrogen-bond acceptors (Lipinski definition) is 3. The molecule has 0 radical (unpaired) electrons. The number of amides is 2. The van der Waals surface area contributed by atoms with E-state index in [-0.39, 0.29) is 18.4 Å². The molecule has 1 heterocycles. The second kappa shape index (κ2) is 7.21. The Bertz CT molecular complexity index is 428. The highest BCUT2D eigenvalue weighted by Gasteiger charge is 2.24. The lowest BCUT2D eigenvalue weighted by Crippen LogP contribution is -2.36. The SMILES string of the molecule is CN[C@@H]1CCN(C(=O)Nc2cccc(OC)c2)C1.Cl. The van der Waals surface area contributed by atoms with Crippen LogP contribution in [0.4, 0.5) is 10.5 Å². The van der Waals surface area contributed by atoms with Crippen molar-refractivity contribution in [2.24, 2.45) is 0 Å². The molecule has 1 aromatic carbocycles. The van der Waals surface area contributed by atoms with Gasteiger partial charge in [0.25, 0.3) is 0 Å². The van der Waals surface area contributed by atoms with E-state index in [9.17, 15) is 4.79 Å². The topological polar surface area (TPSA) is 53.6 Å². The number of hydrogen-bond donors (Lipinski definition) is 2. The van der Waals surface area contributed by atoms with Crippen molar-refractivity contribution in [3.63, 3.8) is 0 Å². The van der Waals surface area contributed by atoms with Crippen LogP contribution in [0.2, 0.25) is 0 Å². The molecule has 2 N–H and O–H groups in total. The Hall–Kier alpha value is -1.46. The summed E-state index contributed by atoms with van der Waals surface area (Å²) in [5.41, 5.74) is 0.757. The average Bonchev–Trinajstić information content (AvgIpc) is 2.88. The molecule has 2 rings (SSSR count). The van der Waals surface area contributed by atoms with Crippen LogP contribution in [-0.4, -0.2) is 44.2 Å². The molecule has 0 spiro atoms. The van der Waals surface area contributed by atoms with E-state index in [1.54, 1.807) is 7.11 Å². The number of likely N-dealkylation sites (N-methyl/N-ethyl adjacent to an activating group) is 1. The Morgan fingerprint density at radius 2 is 2.26 bits per heavy atom. The summed E-state index contributed by atoms with van der Waals surface area (Å²) < 4.78 is 5.12. The van der Waals surface area contributed by atoms with Crippen LogP contribution in [0.5, 0.6) is 5.75 Å². The van der Waals surface area contributed by atoms with Gasteiger partial charge in [-0.3, -0.25) is 0 Å². The van der Waals surface area contributed by atoms with E-state index in [0.717, 1.165) is 30.9 Å². The molecule has 2 amide bonds. The molecule has 1 atom stereocenters. The van der Waals surface area contributed by atoms with Crippen molar-refractivity contribution in [2.45, 2.75) is 12.5 Å². The van der Waals surface area contributed by atoms with Crippen molar-refractivity contribution in [1.82, 2.24) is 10.2 Å². The van der Waals surface area contributed by atoms with Crippen molar-refractivity contribution >= 4 is 24.1 Å².